The zero-order valence-electron chi connectivity index (χ0n) is 24.5. The first kappa shape index (κ1) is 31.2. The Morgan fingerprint density at radius 1 is 1.14 bits per heavy atom. The number of rotatable bonds is 10. The number of fused-ring (bicyclic) bond motifs is 1. The normalized spacial score (nSPS) is 20.9. The topological polar surface area (TPSA) is 175 Å². The lowest BCUT2D eigenvalue weighted by Gasteiger charge is -2.40. The van der Waals surface area contributed by atoms with Gasteiger partial charge in [-0.3, -0.25) is 29.3 Å². The molecule has 0 aliphatic carbocycles. The number of ketones is 1. The Morgan fingerprint density at radius 2 is 1.83 bits per heavy atom. The number of nitrogens with zero attached hydrogens (tertiary/aromatic N) is 3. The first-order valence-electron chi connectivity index (χ1n) is 13.7. The number of hydrogen-bond donors (Lipinski definition) is 3. The number of aromatic nitrogens is 4. The standard InChI is InChI=1S/C28H37N5O8Si/c1-16(35)12-13-19(36)40-21-18(14-34)39-26(22(21)41-42(5,6)28(2,3)4)33-15-29-20-23(33)30-27(32-25(20)38)31-24(37)17-10-8-7-9-11-17/h7-11,15,18,21-22,26,34H,12-14H2,1-6H3,(H2,30,31,32,37,38)/t18-,21-,22-,26-/m1/s1. The maximum absolute atomic E-state index is 12.9. The Morgan fingerprint density at radius 3 is 2.45 bits per heavy atom. The predicted molar refractivity (Wildman–Crippen MR) is 155 cm³/mol. The number of esters is 1. The highest BCUT2D eigenvalue weighted by Crippen LogP contribution is 2.43. The molecule has 0 unspecified atom stereocenters. The van der Waals surface area contributed by atoms with E-state index < -0.39 is 56.9 Å². The van der Waals surface area contributed by atoms with E-state index in [0.29, 0.717) is 5.56 Å². The van der Waals surface area contributed by atoms with Gasteiger partial charge < -0.3 is 23.8 Å². The average Bonchev–Trinajstić information content (AvgIpc) is 3.48. The van der Waals surface area contributed by atoms with E-state index in [0.717, 1.165) is 0 Å². The quantitative estimate of drug-likeness (QED) is 0.232. The van der Waals surface area contributed by atoms with Crippen LogP contribution in [0.1, 0.15) is 57.1 Å². The van der Waals surface area contributed by atoms with Crippen molar-refractivity contribution in [2.24, 2.45) is 0 Å². The number of aliphatic hydroxyl groups is 1. The number of carbonyl (C=O) groups excluding carboxylic acids is 3. The van der Waals surface area contributed by atoms with Crippen LogP contribution in [0.25, 0.3) is 11.2 Å². The summed E-state index contributed by atoms with van der Waals surface area (Å²) in [6.45, 7) is 11.1. The number of hydrogen-bond acceptors (Lipinski definition) is 10. The first-order chi connectivity index (χ1) is 19.7. The summed E-state index contributed by atoms with van der Waals surface area (Å²) in [5, 5.41) is 12.6. The molecule has 3 heterocycles. The van der Waals surface area contributed by atoms with Crippen molar-refractivity contribution >= 4 is 43.1 Å². The molecule has 1 fully saturated rings. The second-order valence-electron chi connectivity index (χ2n) is 11.8. The van der Waals surface area contributed by atoms with Crippen LogP contribution in [-0.2, 0) is 23.5 Å². The summed E-state index contributed by atoms with van der Waals surface area (Å²) < 4.78 is 20.2. The van der Waals surface area contributed by atoms with Gasteiger partial charge in [-0.2, -0.15) is 4.98 Å². The Balaban J connectivity index is 1.74. The molecule has 1 amide bonds. The number of benzene rings is 1. The third kappa shape index (κ3) is 6.67. The third-order valence-electron chi connectivity index (χ3n) is 7.63. The molecule has 14 heteroatoms. The van der Waals surface area contributed by atoms with Gasteiger partial charge in [0.05, 0.1) is 19.4 Å². The molecule has 4 atom stereocenters. The SMILES string of the molecule is CC(=O)CCC(=O)O[C@H]1[C@@H](O[Si](C)(C)C(C)(C)C)[C@H](n2cnc3c(=O)[nH]c(NC(=O)c4ccccc4)nc32)O[C@@H]1CO. The summed E-state index contributed by atoms with van der Waals surface area (Å²) in [6.07, 6.45) is -2.66. The number of Topliss-reactive ketones (excluding diaryl/α,β-unsaturated/α-hetero) is 1. The van der Waals surface area contributed by atoms with Crippen LogP contribution in [0.3, 0.4) is 0 Å². The zero-order valence-corrected chi connectivity index (χ0v) is 25.5. The average molecular weight is 600 g/mol. The van der Waals surface area contributed by atoms with E-state index in [9.17, 15) is 24.3 Å². The van der Waals surface area contributed by atoms with Gasteiger partial charge in [-0.1, -0.05) is 39.0 Å². The second-order valence-corrected chi connectivity index (χ2v) is 16.6. The minimum atomic E-state index is -2.53. The number of ether oxygens (including phenoxy) is 2. The fraction of sp³-hybridized carbons (Fsp3) is 0.500. The molecule has 0 radical (unpaired) electrons. The predicted octanol–water partition coefficient (Wildman–Crippen LogP) is 2.93. The van der Waals surface area contributed by atoms with E-state index in [4.69, 9.17) is 13.9 Å². The van der Waals surface area contributed by atoms with Gasteiger partial charge >= 0.3 is 5.97 Å². The number of anilines is 1. The van der Waals surface area contributed by atoms with Crippen molar-refractivity contribution in [1.82, 2.24) is 19.5 Å². The van der Waals surface area contributed by atoms with E-state index in [2.05, 4.69) is 41.0 Å². The van der Waals surface area contributed by atoms with Crippen LogP contribution in [0.15, 0.2) is 41.5 Å². The summed E-state index contributed by atoms with van der Waals surface area (Å²) in [6, 6.07) is 8.45. The van der Waals surface area contributed by atoms with Crippen LogP contribution < -0.4 is 10.9 Å². The highest BCUT2D eigenvalue weighted by Gasteiger charge is 2.53. The highest BCUT2D eigenvalue weighted by molar-refractivity contribution is 6.74. The van der Waals surface area contributed by atoms with E-state index in [-0.39, 0.29) is 40.8 Å². The van der Waals surface area contributed by atoms with Crippen molar-refractivity contribution in [3.8, 4) is 0 Å². The van der Waals surface area contributed by atoms with Gasteiger partial charge in [0.25, 0.3) is 11.5 Å². The Labute approximate surface area is 243 Å². The van der Waals surface area contributed by atoms with E-state index in [1.54, 1.807) is 30.3 Å². The molecule has 42 heavy (non-hydrogen) atoms. The number of aliphatic hydroxyl groups excluding tert-OH is 1. The Kier molecular flexibility index (Phi) is 9.11. The molecule has 1 aliphatic heterocycles. The molecule has 0 saturated carbocycles. The van der Waals surface area contributed by atoms with Crippen LogP contribution in [0, 0.1) is 0 Å². The van der Waals surface area contributed by atoms with Gasteiger partial charge in [0, 0.05) is 12.0 Å². The molecule has 0 spiro atoms. The van der Waals surface area contributed by atoms with Gasteiger partial charge in [0.15, 0.2) is 31.8 Å². The van der Waals surface area contributed by atoms with Crippen molar-refractivity contribution in [2.75, 3.05) is 11.9 Å². The van der Waals surface area contributed by atoms with Crippen molar-refractivity contribution in [3.05, 3.63) is 52.6 Å². The van der Waals surface area contributed by atoms with Gasteiger partial charge in [-0.25, -0.2) is 4.98 Å². The van der Waals surface area contributed by atoms with Crippen molar-refractivity contribution in [2.45, 2.75) is 83.2 Å². The second kappa shape index (κ2) is 12.3. The minimum absolute atomic E-state index is 0.00941. The number of nitrogens with one attached hydrogen (secondary N) is 2. The molecule has 1 saturated heterocycles. The van der Waals surface area contributed by atoms with Crippen LogP contribution in [0.5, 0.6) is 0 Å². The van der Waals surface area contributed by atoms with Crippen LogP contribution in [0.4, 0.5) is 5.95 Å². The molecular weight excluding hydrogens is 562 g/mol. The van der Waals surface area contributed by atoms with Gasteiger partial charge in [0.1, 0.15) is 18.0 Å². The first-order valence-corrected chi connectivity index (χ1v) is 16.6. The number of aromatic amines is 1. The summed E-state index contributed by atoms with van der Waals surface area (Å²) >= 11 is 0. The number of amides is 1. The molecule has 13 nitrogen and oxygen atoms in total. The molecule has 3 N–H and O–H groups in total. The van der Waals surface area contributed by atoms with Gasteiger partial charge in [-0.05, 0) is 37.2 Å². The lowest BCUT2D eigenvalue weighted by molar-refractivity contribution is -0.156. The molecule has 4 rings (SSSR count). The summed E-state index contributed by atoms with van der Waals surface area (Å²) in [4.78, 5) is 61.0. The molecule has 2 aromatic heterocycles. The van der Waals surface area contributed by atoms with Crippen LogP contribution in [-0.4, -0.2) is 75.5 Å². The molecular formula is C28H37N5O8Si. The molecule has 1 aliphatic rings. The Bertz CT molecular complexity index is 1510. The van der Waals surface area contributed by atoms with E-state index in [1.807, 2.05) is 13.1 Å². The lowest BCUT2D eigenvalue weighted by atomic mass is 10.1. The smallest absolute Gasteiger partial charge is 0.306 e. The monoisotopic (exact) mass is 599 g/mol. The van der Waals surface area contributed by atoms with E-state index in [1.165, 1.54) is 17.8 Å². The maximum Gasteiger partial charge on any atom is 0.306 e. The molecule has 226 valence electrons. The molecule has 3 aromatic rings. The van der Waals surface area contributed by atoms with Crippen molar-refractivity contribution in [3.63, 3.8) is 0 Å². The minimum Gasteiger partial charge on any atom is -0.457 e. The number of carbonyl (C=O) groups is 3. The maximum atomic E-state index is 12.9. The summed E-state index contributed by atoms with van der Waals surface area (Å²) in [5.41, 5.74) is -0.134. The largest absolute Gasteiger partial charge is 0.457 e. The van der Waals surface area contributed by atoms with Gasteiger partial charge in [-0.15, -0.1) is 0 Å². The lowest BCUT2D eigenvalue weighted by Crippen LogP contribution is -2.50. The Hall–Kier alpha value is -3.72. The fourth-order valence-electron chi connectivity index (χ4n) is 4.29. The van der Waals surface area contributed by atoms with Crippen molar-refractivity contribution < 1.29 is 33.4 Å². The molecule has 0 bridgehead atoms. The van der Waals surface area contributed by atoms with Crippen LogP contribution >= 0.6 is 0 Å². The number of H-pyrrole nitrogens is 1. The van der Waals surface area contributed by atoms with Crippen molar-refractivity contribution in [1.29, 1.82) is 0 Å². The summed E-state index contributed by atoms with van der Waals surface area (Å²) in [5.74, 6) is -1.36. The zero-order chi connectivity index (χ0) is 30.8. The number of imidazole rings is 1. The van der Waals surface area contributed by atoms with Gasteiger partial charge in [0.2, 0.25) is 5.95 Å². The molecule has 1 aromatic carbocycles. The fourth-order valence-corrected chi connectivity index (χ4v) is 5.58. The highest BCUT2D eigenvalue weighted by atomic mass is 28.4. The third-order valence-corrected chi connectivity index (χ3v) is 12.1. The van der Waals surface area contributed by atoms with E-state index >= 15 is 0 Å². The summed E-state index contributed by atoms with van der Waals surface area (Å²) in [7, 11) is -2.53. The van der Waals surface area contributed by atoms with Crippen LogP contribution in [0.2, 0.25) is 18.1 Å².